The van der Waals surface area contributed by atoms with E-state index in [-0.39, 0.29) is 0 Å². The van der Waals surface area contributed by atoms with Gasteiger partial charge in [0.2, 0.25) is 0 Å². The Hall–Kier alpha value is -1.35. The van der Waals surface area contributed by atoms with Gasteiger partial charge >= 0.3 is 0 Å². The molecule has 78 valence electrons. The van der Waals surface area contributed by atoms with E-state index >= 15 is 0 Å². The Morgan fingerprint density at radius 2 is 2.27 bits per heavy atom. The van der Waals surface area contributed by atoms with Crippen LogP contribution in [0.1, 0.15) is 30.3 Å². The first kappa shape index (κ1) is 8.92. The Labute approximate surface area is 88.9 Å². The lowest BCUT2D eigenvalue weighted by Gasteiger charge is -2.03. The maximum Gasteiger partial charge on any atom is 0.106 e. The van der Waals surface area contributed by atoms with Crippen molar-refractivity contribution in [1.29, 1.82) is 0 Å². The summed E-state index contributed by atoms with van der Waals surface area (Å²) in [5.41, 5.74) is 9.12. The Morgan fingerprint density at radius 3 is 2.93 bits per heavy atom. The number of aromatic nitrogens is 2. The van der Waals surface area contributed by atoms with Crippen LogP contribution in [-0.2, 0) is 6.54 Å². The highest BCUT2D eigenvalue weighted by Gasteiger charge is 2.26. The number of benzene rings is 1. The molecule has 2 N–H and O–H groups in total. The number of rotatable bonds is 2. The summed E-state index contributed by atoms with van der Waals surface area (Å²) in [5, 5.41) is 0. The lowest BCUT2D eigenvalue weighted by atomic mass is 10.2. The van der Waals surface area contributed by atoms with Crippen molar-refractivity contribution in [2.75, 3.05) is 0 Å². The molecule has 1 aromatic heterocycles. The average molecular weight is 201 g/mol. The maximum absolute atomic E-state index is 5.62. The molecule has 1 saturated carbocycles. The molecule has 3 heteroatoms. The Morgan fingerprint density at radius 1 is 1.47 bits per heavy atom. The van der Waals surface area contributed by atoms with Crippen molar-refractivity contribution in [3.8, 4) is 0 Å². The van der Waals surface area contributed by atoms with E-state index in [1.807, 2.05) is 0 Å². The zero-order chi connectivity index (χ0) is 10.4. The summed E-state index contributed by atoms with van der Waals surface area (Å²) in [5.74, 6) is 1.13. The highest BCUT2D eigenvalue weighted by Crippen LogP contribution is 2.38. The summed E-state index contributed by atoms with van der Waals surface area (Å²) in [4.78, 5) is 4.59. The van der Waals surface area contributed by atoms with Crippen LogP contribution in [0, 0.1) is 6.92 Å². The van der Waals surface area contributed by atoms with Gasteiger partial charge < -0.3 is 10.3 Å². The zero-order valence-electron chi connectivity index (χ0n) is 8.90. The molecule has 0 unspecified atom stereocenters. The monoisotopic (exact) mass is 201 g/mol. The van der Waals surface area contributed by atoms with Gasteiger partial charge in [-0.25, -0.2) is 4.98 Å². The molecule has 1 heterocycles. The minimum atomic E-state index is 0.589. The van der Waals surface area contributed by atoms with E-state index in [4.69, 9.17) is 5.73 Å². The highest BCUT2D eigenvalue weighted by atomic mass is 15.1. The normalized spacial score (nSPS) is 16.1. The van der Waals surface area contributed by atoms with Crippen molar-refractivity contribution in [2.24, 2.45) is 5.73 Å². The van der Waals surface area contributed by atoms with Gasteiger partial charge in [-0.05, 0) is 37.5 Å². The van der Waals surface area contributed by atoms with Crippen molar-refractivity contribution < 1.29 is 0 Å². The van der Waals surface area contributed by atoms with E-state index in [1.165, 1.54) is 18.4 Å². The molecule has 1 aromatic carbocycles. The number of aryl methyl sites for hydroxylation is 1. The van der Waals surface area contributed by atoms with Crippen LogP contribution < -0.4 is 5.73 Å². The molecule has 1 aliphatic rings. The van der Waals surface area contributed by atoms with Gasteiger partial charge in [0, 0.05) is 12.6 Å². The summed E-state index contributed by atoms with van der Waals surface area (Å²) in [6.07, 6.45) is 2.59. The number of fused-ring (bicyclic) bond motifs is 1. The lowest BCUT2D eigenvalue weighted by Crippen LogP contribution is -1.97. The smallest absolute Gasteiger partial charge is 0.106 e. The molecule has 0 radical (unpaired) electrons. The Bertz CT molecular complexity index is 509. The molecule has 3 rings (SSSR count). The van der Waals surface area contributed by atoms with Crippen molar-refractivity contribution >= 4 is 11.0 Å². The molecule has 1 aliphatic carbocycles. The molecule has 0 atom stereocenters. The summed E-state index contributed by atoms with van der Waals surface area (Å²) in [6, 6.07) is 7.04. The summed E-state index contributed by atoms with van der Waals surface area (Å²) >= 11 is 0. The van der Waals surface area contributed by atoms with Crippen LogP contribution in [0.4, 0.5) is 0 Å². The van der Waals surface area contributed by atoms with Crippen LogP contribution in [0.5, 0.6) is 0 Å². The van der Waals surface area contributed by atoms with Crippen molar-refractivity contribution in [2.45, 2.75) is 32.4 Å². The van der Waals surface area contributed by atoms with E-state index < -0.39 is 0 Å². The molecule has 15 heavy (non-hydrogen) atoms. The third kappa shape index (κ3) is 1.35. The topological polar surface area (TPSA) is 43.8 Å². The molecule has 0 spiro atoms. The van der Waals surface area contributed by atoms with Crippen molar-refractivity contribution in [1.82, 2.24) is 9.55 Å². The van der Waals surface area contributed by atoms with Gasteiger partial charge in [0.05, 0.1) is 11.0 Å². The van der Waals surface area contributed by atoms with E-state index in [2.05, 4.69) is 34.7 Å². The van der Waals surface area contributed by atoms with E-state index in [0.717, 1.165) is 16.9 Å². The number of hydrogen-bond acceptors (Lipinski definition) is 2. The first-order valence-electron chi connectivity index (χ1n) is 5.47. The highest BCUT2D eigenvalue weighted by molar-refractivity contribution is 5.77. The van der Waals surface area contributed by atoms with Gasteiger partial charge in [-0.1, -0.05) is 6.07 Å². The molecule has 0 amide bonds. The lowest BCUT2D eigenvalue weighted by molar-refractivity contribution is 0.734. The number of hydrogen-bond donors (Lipinski definition) is 1. The number of nitrogens with zero attached hydrogens (tertiary/aromatic N) is 2. The predicted molar refractivity (Wildman–Crippen MR) is 60.6 cm³/mol. The molecule has 0 aliphatic heterocycles. The molecule has 0 bridgehead atoms. The second-order valence-corrected chi connectivity index (χ2v) is 4.29. The molecule has 3 nitrogen and oxygen atoms in total. The van der Waals surface area contributed by atoms with Crippen LogP contribution >= 0.6 is 0 Å². The van der Waals surface area contributed by atoms with Gasteiger partial charge in [0.15, 0.2) is 0 Å². The first-order valence-corrected chi connectivity index (χ1v) is 5.47. The minimum Gasteiger partial charge on any atom is -0.326 e. The molecular weight excluding hydrogens is 186 g/mol. The maximum atomic E-state index is 5.62. The SMILES string of the molecule is Cc1nc2cc(CN)ccc2n1C1CC1. The predicted octanol–water partition coefficient (Wildman–Crippen LogP) is 2.14. The van der Waals surface area contributed by atoms with Crippen LogP contribution in [0.15, 0.2) is 18.2 Å². The zero-order valence-corrected chi connectivity index (χ0v) is 8.90. The van der Waals surface area contributed by atoms with Crippen LogP contribution in [-0.4, -0.2) is 9.55 Å². The fourth-order valence-corrected chi connectivity index (χ4v) is 2.19. The van der Waals surface area contributed by atoms with Crippen LogP contribution in [0.3, 0.4) is 0 Å². The molecule has 2 aromatic rings. The molecule has 1 fully saturated rings. The summed E-state index contributed by atoms with van der Waals surface area (Å²) < 4.78 is 2.36. The van der Waals surface area contributed by atoms with Gasteiger partial charge in [0.25, 0.3) is 0 Å². The fourth-order valence-electron chi connectivity index (χ4n) is 2.19. The van der Waals surface area contributed by atoms with Gasteiger partial charge in [0.1, 0.15) is 5.82 Å². The third-order valence-electron chi connectivity index (χ3n) is 3.08. The third-order valence-corrected chi connectivity index (χ3v) is 3.08. The van der Waals surface area contributed by atoms with Gasteiger partial charge in [-0.15, -0.1) is 0 Å². The minimum absolute atomic E-state index is 0.589. The van der Waals surface area contributed by atoms with Gasteiger partial charge in [-0.3, -0.25) is 0 Å². The van der Waals surface area contributed by atoms with Crippen molar-refractivity contribution in [3.63, 3.8) is 0 Å². The fraction of sp³-hybridized carbons (Fsp3) is 0.417. The molecule has 0 saturated heterocycles. The van der Waals surface area contributed by atoms with E-state index in [0.29, 0.717) is 12.6 Å². The summed E-state index contributed by atoms with van der Waals surface area (Å²) in [6.45, 7) is 2.67. The van der Waals surface area contributed by atoms with Crippen LogP contribution in [0.2, 0.25) is 0 Å². The van der Waals surface area contributed by atoms with Gasteiger partial charge in [-0.2, -0.15) is 0 Å². The van der Waals surface area contributed by atoms with E-state index in [9.17, 15) is 0 Å². The molecular formula is C12H15N3. The quantitative estimate of drug-likeness (QED) is 0.809. The second-order valence-electron chi connectivity index (χ2n) is 4.29. The number of nitrogens with two attached hydrogens (primary N) is 1. The Balaban J connectivity index is 2.23. The largest absolute Gasteiger partial charge is 0.326 e. The van der Waals surface area contributed by atoms with Crippen molar-refractivity contribution in [3.05, 3.63) is 29.6 Å². The Kier molecular flexibility index (Phi) is 1.83. The summed E-state index contributed by atoms with van der Waals surface area (Å²) in [7, 11) is 0. The first-order chi connectivity index (χ1) is 7.29. The number of imidazole rings is 1. The second kappa shape index (κ2) is 3.07. The standard InChI is InChI=1S/C12H15N3/c1-8-14-11-6-9(7-13)2-5-12(11)15(8)10-3-4-10/h2,5-6,10H,3-4,7,13H2,1H3. The average Bonchev–Trinajstić information content (AvgIpc) is 3.00. The van der Waals surface area contributed by atoms with E-state index in [1.54, 1.807) is 0 Å². The van der Waals surface area contributed by atoms with Crippen LogP contribution in [0.25, 0.3) is 11.0 Å².